The highest BCUT2D eigenvalue weighted by Gasteiger charge is 2.49. The minimum absolute atomic E-state index is 0.0641. The molecule has 1 aromatic heterocycles. The normalized spacial score (nSPS) is 17.2. The fourth-order valence-electron chi connectivity index (χ4n) is 2.47. The van der Waals surface area contributed by atoms with Crippen molar-refractivity contribution in [3.05, 3.63) is 11.8 Å². The zero-order valence-electron chi connectivity index (χ0n) is 11.9. The lowest BCUT2D eigenvalue weighted by atomic mass is 9.89. The van der Waals surface area contributed by atoms with Gasteiger partial charge < -0.3 is 14.1 Å². The summed E-state index contributed by atoms with van der Waals surface area (Å²) in [6.45, 7) is 0.0794. The summed E-state index contributed by atoms with van der Waals surface area (Å²) in [4.78, 5) is 10.8. The lowest BCUT2D eigenvalue weighted by Gasteiger charge is -2.22. The van der Waals surface area contributed by atoms with Crippen molar-refractivity contribution in [3.8, 4) is 5.88 Å². The molecule has 23 heavy (non-hydrogen) atoms. The van der Waals surface area contributed by atoms with E-state index >= 15 is 0 Å². The number of aromatic nitrogens is 2. The van der Waals surface area contributed by atoms with Gasteiger partial charge in [-0.15, -0.1) is 0 Å². The number of alkyl halides is 3. The monoisotopic (exact) mass is 355 g/mol. The molecule has 1 heterocycles. The van der Waals surface area contributed by atoms with Crippen LogP contribution in [0, 0.1) is 5.92 Å². The van der Waals surface area contributed by atoms with Crippen LogP contribution < -0.4 is 9.29 Å². The van der Waals surface area contributed by atoms with Crippen molar-refractivity contribution in [1.29, 1.82) is 0 Å². The largest absolute Gasteiger partial charge is 0.543 e. The molecule has 11 heteroatoms. The smallest absolute Gasteiger partial charge is 0.534 e. The molecule has 0 aromatic carbocycles. The van der Waals surface area contributed by atoms with Crippen LogP contribution in [0.4, 0.5) is 13.2 Å². The van der Waals surface area contributed by atoms with Crippen LogP contribution in [0.1, 0.15) is 42.6 Å². The van der Waals surface area contributed by atoms with Gasteiger partial charge >= 0.3 is 15.6 Å². The van der Waals surface area contributed by atoms with Crippen LogP contribution in [-0.2, 0) is 16.7 Å². The van der Waals surface area contributed by atoms with Crippen molar-refractivity contribution in [3.63, 3.8) is 0 Å². The molecule has 0 spiro atoms. The lowest BCUT2D eigenvalue weighted by molar-refractivity contribution is -0.255. The van der Waals surface area contributed by atoms with Gasteiger partial charge in [-0.25, -0.2) is 4.68 Å². The van der Waals surface area contributed by atoms with E-state index < -0.39 is 33.2 Å². The summed E-state index contributed by atoms with van der Waals surface area (Å²) in [5.74, 6) is -2.46. The third kappa shape index (κ3) is 4.15. The molecule has 1 saturated carbocycles. The molecule has 0 radical (unpaired) electrons. The van der Waals surface area contributed by atoms with Crippen molar-refractivity contribution < 1.29 is 35.7 Å². The van der Waals surface area contributed by atoms with Gasteiger partial charge in [0.15, 0.2) is 0 Å². The summed E-state index contributed by atoms with van der Waals surface area (Å²) in [6, 6.07) is 0.613. The summed E-state index contributed by atoms with van der Waals surface area (Å²) in [6.07, 6.45) is 4.52. The predicted octanol–water partition coefficient (Wildman–Crippen LogP) is 1.06. The Morgan fingerprint density at radius 1 is 1.35 bits per heavy atom. The second-order valence-corrected chi connectivity index (χ2v) is 6.86. The van der Waals surface area contributed by atoms with Gasteiger partial charge in [0.2, 0.25) is 5.88 Å². The second kappa shape index (κ2) is 6.38. The summed E-state index contributed by atoms with van der Waals surface area (Å²) >= 11 is 0. The third-order valence-corrected chi connectivity index (χ3v) is 4.54. The van der Waals surface area contributed by atoms with Gasteiger partial charge in [-0.1, -0.05) is 19.3 Å². The second-order valence-electron chi connectivity index (χ2n) is 5.32. The number of carbonyl (C=O) groups excluding carboxylic acids is 1. The molecule has 0 amide bonds. The quantitative estimate of drug-likeness (QED) is 0.578. The van der Waals surface area contributed by atoms with E-state index in [4.69, 9.17) is 0 Å². The number of aromatic carboxylic acids is 1. The molecule has 0 atom stereocenters. The predicted molar refractivity (Wildman–Crippen MR) is 68.7 cm³/mol. The van der Waals surface area contributed by atoms with Crippen LogP contribution in [0.25, 0.3) is 0 Å². The van der Waals surface area contributed by atoms with Crippen molar-refractivity contribution >= 4 is 16.1 Å². The van der Waals surface area contributed by atoms with Crippen LogP contribution in [0.15, 0.2) is 6.07 Å². The van der Waals surface area contributed by atoms with Crippen LogP contribution in [-0.4, -0.2) is 29.7 Å². The third-order valence-electron chi connectivity index (χ3n) is 3.59. The van der Waals surface area contributed by atoms with E-state index in [1.165, 1.54) is 0 Å². The molecular formula is C12H14F3N2O5S-. The molecule has 7 nitrogen and oxygen atoms in total. The molecule has 0 aliphatic heterocycles. The Labute approximate surface area is 130 Å². The highest BCUT2D eigenvalue weighted by Crippen LogP contribution is 2.30. The van der Waals surface area contributed by atoms with Gasteiger partial charge in [-0.2, -0.15) is 26.7 Å². The zero-order valence-corrected chi connectivity index (χ0v) is 12.7. The van der Waals surface area contributed by atoms with E-state index in [1.807, 2.05) is 0 Å². The number of hydrogen-bond donors (Lipinski definition) is 0. The maximum Gasteiger partial charge on any atom is 0.534 e. The van der Waals surface area contributed by atoms with Gasteiger partial charge in [0.1, 0.15) is 5.69 Å². The minimum Gasteiger partial charge on any atom is -0.543 e. The summed E-state index contributed by atoms with van der Waals surface area (Å²) in [5, 5.41) is 14.4. The first-order valence-electron chi connectivity index (χ1n) is 6.90. The van der Waals surface area contributed by atoms with Gasteiger partial charge in [-0.05, 0) is 18.8 Å². The Kier molecular flexibility index (Phi) is 4.87. The number of halogens is 3. The van der Waals surface area contributed by atoms with Crippen LogP contribution in [0.3, 0.4) is 0 Å². The lowest BCUT2D eigenvalue weighted by Crippen LogP contribution is -2.29. The molecule has 130 valence electrons. The van der Waals surface area contributed by atoms with E-state index in [-0.39, 0.29) is 12.5 Å². The van der Waals surface area contributed by atoms with E-state index in [0.29, 0.717) is 6.07 Å². The van der Waals surface area contributed by atoms with E-state index in [1.54, 1.807) is 0 Å². The Bertz CT molecular complexity index is 677. The summed E-state index contributed by atoms with van der Waals surface area (Å²) in [5.41, 5.74) is -6.30. The van der Waals surface area contributed by atoms with Crippen molar-refractivity contribution in [2.45, 2.75) is 44.2 Å². The maximum absolute atomic E-state index is 12.4. The molecule has 1 fully saturated rings. The first-order valence-corrected chi connectivity index (χ1v) is 8.31. The number of carboxylic acid groups (broad SMARTS) is 1. The first-order chi connectivity index (χ1) is 10.6. The maximum atomic E-state index is 12.4. The SMILES string of the molecule is O=C([O-])c1cc(OS(=O)(=O)C(F)(F)F)n(CC2CCCCC2)n1. The fraction of sp³-hybridized carbons (Fsp3) is 0.667. The number of carboxylic acids is 1. The van der Waals surface area contributed by atoms with Gasteiger partial charge in [-0.3, -0.25) is 0 Å². The number of carbonyl (C=O) groups is 1. The number of rotatable bonds is 5. The molecule has 0 N–H and O–H groups in total. The zero-order chi connectivity index (χ0) is 17.3. The van der Waals surface area contributed by atoms with Crippen molar-refractivity contribution in [2.24, 2.45) is 5.92 Å². The first kappa shape index (κ1) is 17.6. The van der Waals surface area contributed by atoms with Crippen LogP contribution in [0.5, 0.6) is 5.88 Å². The average molecular weight is 355 g/mol. The molecule has 1 aliphatic rings. The Morgan fingerprint density at radius 3 is 2.48 bits per heavy atom. The molecule has 2 rings (SSSR count). The standard InChI is InChI=1S/C12H15F3N2O5S/c13-12(14,15)23(20,21)22-10-6-9(11(18)19)16-17(10)7-8-4-2-1-3-5-8/h6,8H,1-5,7H2,(H,18,19)/p-1. The summed E-state index contributed by atoms with van der Waals surface area (Å²) in [7, 11) is -5.90. The van der Waals surface area contributed by atoms with Crippen molar-refractivity contribution in [1.82, 2.24) is 9.78 Å². The van der Waals surface area contributed by atoms with E-state index in [0.717, 1.165) is 36.8 Å². The highest BCUT2D eigenvalue weighted by atomic mass is 32.2. The highest BCUT2D eigenvalue weighted by molar-refractivity contribution is 7.87. The van der Waals surface area contributed by atoms with Crippen LogP contribution >= 0.6 is 0 Å². The molecule has 0 bridgehead atoms. The topological polar surface area (TPSA) is 101 Å². The molecule has 0 unspecified atom stereocenters. The van der Waals surface area contributed by atoms with E-state index in [9.17, 15) is 31.5 Å². The fourth-order valence-corrected chi connectivity index (χ4v) is 2.92. The van der Waals surface area contributed by atoms with Gasteiger partial charge in [0.05, 0.1) is 5.97 Å². The Hall–Kier alpha value is -1.78. The molecule has 0 saturated heterocycles. The molecular weight excluding hydrogens is 341 g/mol. The minimum atomic E-state index is -5.90. The van der Waals surface area contributed by atoms with Gasteiger partial charge in [0.25, 0.3) is 0 Å². The van der Waals surface area contributed by atoms with Crippen molar-refractivity contribution in [2.75, 3.05) is 0 Å². The summed E-state index contributed by atoms with van der Waals surface area (Å²) < 4.78 is 64.3. The molecule has 1 aliphatic carbocycles. The number of hydrogen-bond acceptors (Lipinski definition) is 6. The Morgan fingerprint density at radius 2 is 1.96 bits per heavy atom. The Balaban J connectivity index is 2.28. The van der Waals surface area contributed by atoms with Crippen LogP contribution in [0.2, 0.25) is 0 Å². The van der Waals surface area contributed by atoms with E-state index in [2.05, 4.69) is 9.28 Å². The van der Waals surface area contributed by atoms with Gasteiger partial charge in [0, 0.05) is 12.6 Å². The average Bonchev–Trinajstić information content (AvgIpc) is 2.81. The molecule has 1 aromatic rings. The number of nitrogens with zero attached hydrogens (tertiary/aromatic N) is 2.